The van der Waals surface area contributed by atoms with Crippen LogP contribution in [0.5, 0.6) is 0 Å². The molecule has 0 aromatic carbocycles. The van der Waals surface area contributed by atoms with Crippen LogP contribution in [0.4, 0.5) is 0 Å². The molecule has 96 valence electrons. The molecule has 0 aromatic rings. The molecule has 4 fully saturated rings. The lowest BCUT2D eigenvalue weighted by molar-refractivity contribution is -0.135. The summed E-state index contributed by atoms with van der Waals surface area (Å²) in [4.78, 5) is 14.5. The van der Waals surface area contributed by atoms with Crippen molar-refractivity contribution in [3.05, 3.63) is 0 Å². The fourth-order valence-corrected chi connectivity index (χ4v) is 4.93. The van der Waals surface area contributed by atoms with E-state index in [4.69, 9.17) is 5.26 Å². The quantitative estimate of drug-likeness (QED) is 0.736. The number of nitrogens with zero attached hydrogens (tertiary/aromatic N) is 2. The Morgan fingerprint density at radius 2 is 2.00 bits per heavy atom. The summed E-state index contributed by atoms with van der Waals surface area (Å²) >= 11 is 0. The lowest BCUT2D eigenvalue weighted by atomic mass is 10.0. The summed E-state index contributed by atoms with van der Waals surface area (Å²) in [6.07, 6.45) is 4.07. The van der Waals surface area contributed by atoms with Crippen LogP contribution in [0.3, 0.4) is 0 Å². The third-order valence-corrected chi connectivity index (χ3v) is 5.70. The number of amides is 1. The van der Waals surface area contributed by atoms with Crippen LogP contribution in [0.2, 0.25) is 0 Å². The van der Waals surface area contributed by atoms with Gasteiger partial charge in [-0.15, -0.1) is 0 Å². The van der Waals surface area contributed by atoms with Gasteiger partial charge in [0.25, 0.3) is 0 Å². The molecule has 1 heterocycles. The SMILES string of the molecule is N#CC1CNCCN1C(=O)C1C2C3CCC(C3)C12. The van der Waals surface area contributed by atoms with Crippen molar-refractivity contribution in [3.8, 4) is 6.07 Å². The third-order valence-electron chi connectivity index (χ3n) is 5.70. The number of piperazine rings is 1. The number of hydrogen-bond donors (Lipinski definition) is 1. The summed E-state index contributed by atoms with van der Waals surface area (Å²) < 4.78 is 0. The summed E-state index contributed by atoms with van der Waals surface area (Å²) in [6.45, 7) is 2.18. The van der Waals surface area contributed by atoms with E-state index >= 15 is 0 Å². The molecule has 4 aliphatic rings. The lowest BCUT2D eigenvalue weighted by Crippen LogP contribution is -2.53. The minimum atomic E-state index is -0.245. The first-order chi connectivity index (χ1) is 8.81. The molecule has 4 nitrogen and oxygen atoms in total. The zero-order valence-corrected chi connectivity index (χ0v) is 10.5. The molecule has 18 heavy (non-hydrogen) atoms. The molecule has 1 saturated heterocycles. The Morgan fingerprint density at radius 3 is 2.67 bits per heavy atom. The number of carbonyl (C=O) groups excluding carboxylic acids is 1. The molecule has 4 rings (SSSR count). The van der Waals surface area contributed by atoms with Gasteiger partial charge in [-0.25, -0.2) is 0 Å². The zero-order chi connectivity index (χ0) is 12.3. The largest absolute Gasteiger partial charge is 0.324 e. The monoisotopic (exact) mass is 245 g/mol. The normalized spacial score (nSPS) is 48.7. The zero-order valence-electron chi connectivity index (χ0n) is 10.5. The first-order valence-corrected chi connectivity index (χ1v) is 7.22. The van der Waals surface area contributed by atoms with Crippen LogP contribution < -0.4 is 5.32 Å². The molecule has 4 heteroatoms. The van der Waals surface area contributed by atoms with Crippen molar-refractivity contribution < 1.29 is 4.79 Å². The predicted octanol–water partition coefficient (Wildman–Crippen LogP) is 0.602. The first kappa shape index (κ1) is 10.8. The predicted molar refractivity (Wildman–Crippen MR) is 65.3 cm³/mol. The van der Waals surface area contributed by atoms with E-state index in [-0.39, 0.29) is 17.9 Å². The number of fused-ring (bicyclic) bond motifs is 5. The molecular formula is C14H19N3O. The van der Waals surface area contributed by atoms with Gasteiger partial charge in [-0.2, -0.15) is 5.26 Å². The summed E-state index contributed by atoms with van der Waals surface area (Å²) in [5, 5.41) is 12.3. The van der Waals surface area contributed by atoms with Crippen molar-refractivity contribution in [3.63, 3.8) is 0 Å². The van der Waals surface area contributed by atoms with Crippen LogP contribution in [-0.2, 0) is 4.79 Å². The van der Waals surface area contributed by atoms with Crippen LogP contribution in [0, 0.1) is 40.9 Å². The summed E-state index contributed by atoms with van der Waals surface area (Å²) in [6, 6.07) is 2.02. The van der Waals surface area contributed by atoms with Gasteiger partial charge < -0.3 is 10.2 Å². The number of nitriles is 1. The second-order valence-corrected chi connectivity index (χ2v) is 6.39. The fraction of sp³-hybridized carbons (Fsp3) is 0.857. The van der Waals surface area contributed by atoms with Crippen LogP contribution in [-0.4, -0.2) is 36.5 Å². The topological polar surface area (TPSA) is 56.1 Å². The van der Waals surface area contributed by atoms with E-state index in [1.165, 1.54) is 19.3 Å². The number of carbonyl (C=O) groups is 1. The fourth-order valence-electron chi connectivity index (χ4n) is 4.93. The maximum absolute atomic E-state index is 12.6. The van der Waals surface area contributed by atoms with Crippen molar-refractivity contribution >= 4 is 5.91 Å². The first-order valence-electron chi connectivity index (χ1n) is 7.22. The van der Waals surface area contributed by atoms with E-state index in [2.05, 4.69) is 11.4 Å². The lowest BCUT2D eigenvalue weighted by Gasteiger charge is -2.32. The molecule has 5 unspecified atom stereocenters. The van der Waals surface area contributed by atoms with Gasteiger partial charge in [0.15, 0.2) is 0 Å². The Labute approximate surface area is 107 Å². The van der Waals surface area contributed by atoms with E-state index in [1.54, 1.807) is 0 Å². The second-order valence-electron chi connectivity index (χ2n) is 6.39. The van der Waals surface area contributed by atoms with E-state index in [9.17, 15) is 4.79 Å². The highest BCUT2D eigenvalue weighted by Gasteiger charge is 2.68. The average molecular weight is 245 g/mol. The maximum Gasteiger partial charge on any atom is 0.227 e. The summed E-state index contributed by atoms with van der Waals surface area (Å²) in [7, 11) is 0. The van der Waals surface area contributed by atoms with Gasteiger partial charge in [0.1, 0.15) is 6.04 Å². The van der Waals surface area contributed by atoms with Crippen molar-refractivity contribution in [1.82, 2.24) is 10.2 Å². The molecule has 0 spiro atoms. The molecule has 1 N–H and O–H groups in total. The molecule has 1 aliphatic heterocycles. The average Bonchev–Trinajstić information content (AvgIpc) is 2.85. The van der Waals surface area contributed by atoms with Crippen molar-refractivity contribution in [2.75, 3.05) is 19.6 Å². The smallest absolute Gasteiger partial charge is 0.227 e. The Morgan fingerprint density at radius 1 is 1.28 bits per heavy atom. The standard InChI is InChI=1S/C14H19N3O/c15-6-10-7-16-3-4-17(10)14(18)13-11-8-1-2-9(5-8)12(11)13/h8-13,16H,1-5,7H2. The highest BCUT2D eigenvalue weighted by atomic mass is 16.2. The molecule has 3 saturated carbocycles. The third kappa shape index (κ3) is 1.31. The van der Waals surface area contributed by atoms with E-state index in [1.807, 2.05) is 4.90 Å². The second kappa shape index (κ2) is 3.71. The Bertz CT molecular complexity index is 413. The van der Waals surface area contributed by atoms with Crippen LogP contribution in [0.15, 0.2) is 0 Å². The molecule has 0 radical (unpaired) electrons. The van der Waals surface area contributed by atoms with Gasteiger partial charge in [-0.05, 0) is 42.9 Å². The molecule has 3 aliphatic carbocycles. The van der Waals surface area contributed by atoms with Gasteiger partial charge in [0.05, 0.1) is 6.07 Å². The maximum atomic E-state index is 12.6. The van der Waals surface area contributed by atoms with Crippen LogP contribution >= 0.6 is 0 Å². The highest BCUT2D eigenvalue weighted by Crippen LogP contribution is 2.69. The van der Waals surface area contributed by atoms with Gasteiger partial charge in [-0.1, -0.05) is 0 Å². The Kier molecular flexibility index (Phi) is 2.23. The summed E-state index contributed by atoms with van der Waals surface area (Å²) in [5.41, 5.74) is 0. The Balaban J connectivity index is 1.50. The number of rotatable bonds is 1. The molecule has 0 aromatic heterocycles. The molecule has 5 atom stereocenters. The van der Waals surface area contributed by atoms with Crippen molar-refractivity contribution in [2.45, 2.75) is 25.3 Å². The van der Waals surface area contributed by atoms with E-state index < -0.39 is 0 Å². The van der Waals surface area contributed by atoms with Crippen molar-refractivity contribution in [1.29, 1.82) is 5.26 Å². The van der Waals surface area contributed by atoms with Crippen LogP contribution in [0.25, 0.3) is 0 Å². The van der Waals surface area contributed by atoms with Gasteiger partial charge in [0, 0.05) is 25.6 Å². The van der Waals surface area contributed by atoms with Crippen molar-refractivity contribution in [2.24, 2.45) is 29.6 Å². The van der Waals surface area contributed by atoms with Gasteiger partial charge in [-0.3, -0.25) is 4.79 Å². The van der Waals surface area contributed by atoms with Crippen LogP contribution in [0.1, 0.15) is 19.3 Å². The number of nitrogens with one attached hydrogen (secondary N) is 1. The number of hydrogen-bond acceptors (Lipinski definition) is 3. The Hall–Kier alpha value is -1.08. The molecule has 2 bridgehead atoms. The minimum Gasteiger partial charge on any atom is -0.324 e. The van der Waals surface area contributed by atoms with Gasteiger partial charge >= 0.3 is 0 Å². The highest BCUT2D eigenvalue weighted by molar-refractivity contribution is 5.83. The molecule has 1 amide bonds. The minimum absolute atomic E-state index is 0.245. The molecular weight excluding hydrogens is 226 g/mol. The summed E-state index contributed by atoms with van der Waals surface area (Å²) in [5.74, 6) is 3.60. The van der Waals surface area contributed by atoms with E-state index in [0.29, 0.717) is 24.9 Å². The van der Waals surface area contributed by atoms with E-state index in [0.717, 1.165) is 18.4 Å². The van der Waals surface area contributed by atoms with Gasteiger partial charge in [0.2, 0.25) is 5.91 Å².